The number of halogens is 4. The number of piperidine rings is 1. The van der Waals surface area contributed by atoms with Crippen molar-refractivity contribution in [3.63, 3.8) is 0 Å². The molecule has 0 aromatic heterocycles. The fourth-order valence-corrected chi connectivity index (χ4v) is 15.2. The molecule has 3 heterocycles. The number of amides is 12. The Morgan fingerprint density at radius 3 is 1.83 bits per heavy atom. The zero-order valence-corrected chi connectivity index (χ0v) is 61.7. The van der Waals surface area contributed by atoms with Gasteiger partial charge >= 0.3 is 6.18 Å². The lowest BCUT2D eigenvalue weighted by Gasteiger charge is -2.42. The second kappa shape index (κ2) is 35.4. The molecule has 3 saturated heterocycles. The molecule has 1 spiro atoms. The van der Waals surface area contributed by atoms with Crippen LogP contribution in [0.4, 0.5) is 13.2 Å². The molecule has 2 aromatic rings. The first-order chi connectivity index (χ1) is 47.6. The van der Waals surface area contributed by atoms with Crippen molar-refractivity contribution >= 4 is 82.5 Å². The summed E-state index contributed by atoms with van der Waals surface area (Å²) in [6.07, 6.45) is 1.44. The molecule has 558 valence electrons. The van der Waals surface area contributed by atoms with Crippen LogP contribution in [-0.2, 0) is 76.6 Å². The second-order valence-electron chi connectivity index (χ2n) is 29.3. The molecule has 0 radical (unpaired) electrons. The lowest BCUT2D eigenvalue weighted by atomic mass is 9.90. The smallest absolute Gasteiger partial charge is 0.343 e. The number of nitrogens with one attached hydrogen (secondary N) is 3. The van der Waals surface area contributed by atoms with Crippen LogP contribution in [0.5, 0.6) is 0 Å². The third-order valence-corrected chi connectivity index (χ3v) is 21.7. The number of hydrogen-bond donors (Lipinski definition) is 3. The lowest BCUT2D eigenvalue weighted by Crippen LogP contribution is -2.65. The van der Waals surface area contributed by atoms with Crippen molar-refractivity contribution < 1.29 is 70.7 Å². The maximum Gasteiger partial charge on any atom is 0.417 e. The summed E-state index contributed by atoms with van der Waals surface area (Å²) in [4.78, 5) is 190. The Kier molecular flexibility index (Phi) is 28.2. The number of fused-ring (bicyclic) bond motifs is 1. The Labute approximate surface area is 597 Å². The standard InChI is InChI=1S/C73H106ClF3N12O12/c1-13-47(5)62-69(99)83(8)43-60(92)81(6)44-61(93)85(10)56(40-49-27-25-46(4)26-28-49)67(97)82(7)42-58(90)78-53(32-30-48-29-31-51(52(74)39-48)73(75,76)77)66(96)89-37-21-24-54(89)65(95)80-72(33-17-18-34-72)71(101)87(12)63(50-22-15-16-23-50)70(100)86(11)57(68(98)88-35-19-14-20-36-88)41-59(91)84(9)55(38-45(2)3)64(94)79-62/h25-29,31,39,45,47,50,53-57,62-63H,13-24,30,32-38,40-44H2,1-12H3,(H,78,90)(H,79,94)(H,80,95)/t47-,53-,54-,55-,56-,57-,62-,63-/m0/s1. The van der Waals surface area contributed by atoms with Crippen LogP contribution in [0.3, 0.4) is 0 Å². The van der Waals surface area contributed by atoms with Crippen LogP contribution in [0.1, 0.15) is 159 Å². The van der Waals surface area contributed by atoms with Crippen LogP contribution in [0.25, 0.3) is 0 Å². The van der Waals surface area contributed by atoms with Gasteiger partial charge in [0.25, 0.3) is 0 Å². The van der Waals surface area contributed by atoms with Crippen molar-refractivity contribution in [2.75, 3.05) is 88.6 Å². The number of likely N-dealkylation sites (N-methyl/N-ethyl adjacent to an activating group) is 7. The van der Waals surface area contributed by atoms with Crippen molar-refractivity contribution in [2.45, 2.75) is 211 Å². The van der Waals surface area contributed by atoms with E-state index in [1.807, 2.05) is 39.8 Å². The van der Waals surface area contributed by atoms with E-state index < -0.39 is 173 Å². The fraction of sp³-hybridized carbons (Fsp3) is 0.671. The average Bonchev–Trinajstić information content (AvgIpc) is 1.75. The molecule has 2 aliphatic carbocycles. The van der Waals surface area contributed by atoms with E-state index in [1.165, 1.54) is 75.0 Å². The van der Waals surface area contributed by atoms with Gasteiger partial charge in [0.05, 0.1) is 36.6 Å². The van der Waals surface area contributed by atoms with E-state index in [9.17, 15) is 41.9 Å². The SMILES string of the molecule is CC[C@H](C)[C@@H]1NC(=O)[C@H](CC(C)C)N(C)C(=O)C[C@@H](C(=O)N2CCCCC2)N(C)C(=O)[C@H](C2CCCC2)N(C)C(=O)C2(CCCC2)NC(=O)[C@@H]2CCCN2C(=O)[C@H](CCc2ccc(C(F)(F)F)c(Cl)c2)NC(=O)CN(C)C(=O)[C@H](Cc2ccc(C)cc2)N(C)C(=O)CN(C)C(=O)CN(C)C1=O. The highest BCUT2D eigenvalue weighted by atomic mass is 35.5. The van der Waals surface area contributed by atoms with Gasteiger partial charge in [0.1, 0.15) is 47.8 Å². The highest BCUT2D eigenvalue weighted by Gasteiger charge is 2.52. The summed E-state index contributed by atoms with van der Waals surface area (Å²) >= 11 is 6.15. The number of rotatable bonds is 11. The van der Waals surface area contributed by atoms with E-state index in [0.717, 1.165) is 56.6 Å². The van der Waals surface area contributed by atoms with Crippen molar-refractivity contribution in [3.8, 4) is 0 Å². The fourth-order valence-electron chi connectivity index (χ4n) is 14.8. The summed E-state index contributed by atoms with van der Waals surface area (Å²) in [5, 5.41) is 8.12. The van der Waals surface area contributed by atoms with E-state index in [1.54, 1.807) is 24.0 Å². The minimum Gasteiger partial charge on any atom is -0.343 e. The molecule has 7 rings (SSSR count). The van der Waals surface area contributed by atoms with Gasteiger partial charge in [-0.1, -0.05) is 107 Å². The van der Waals surface area contributed by atoms with E-state index in [2.05, 4.69) is 16.0 Å². The number of benzene rings is 2. The van der Waals surface area contributed by atoms with Gasteiger partial charge in [0.2, 0.25) is 70.9 Å². The topological polar surface area (TPSA) is 270 Å². The summed E-state index contributed by atoms with van der Waals surface area (Å²) in [5.41, 5.74) is -0.818. The van der Waals surface area contributed by atoms with Gasteiger partial charge in [-0.2, -0.15) is 13.2 Å². The van der Waals surface area contributed by atoms with Gasteiger partial charge in [0, 0.05) is 75.4 Å². The number of alkyl halides is 3. The summed E-state index contributed by atoms with van der Waals surface area (Å²) < 4.78 is 41.6. The van der Waals surface area contributed by atoms with Gasteiger partial charge in [-0.25, -0.2) is 0 Å². The summed E-state index contributed by atoms with van der Waals surface area (Å²) in [6.45, 7) is 8.14. The van der Waals surface area contributed by atoms with Crippen molar-refractivity contribution in [1.82, 2.24) is 60.0 Å². The molecule has 0 bridgehead atoms. The predicted molar refractivity (Wildman–Crippen MR) is 373 cm³/mol. The first-order valence-corrected chi connectivity index (χ1v) is 36.2. The molecule has 3 N–H and O–H groups in total. The minimum atomic E-state index is -4.77. The number of likely N-dealkylation sites (tertiary alicyclic amines) is 1. The third-order valence-electron chi connectivity index (χ3n) is 21.4. The Hall–Kier alpha value is -7.84. The number of nitrogens with zero attached hydrogens (tertiary/aromatic N) is 9. The summed E-state index contributed by atoms with van der Waals surface area (Å²) in [7, 11) is 9.83. The van der Waals surface area contributed by atoms with Crippen molar-refractivity contribution in [1.29, 1.82) is 0 Å². The molecule has 8 atom stereocenters. The largest absolute Gasteiger partial charge is 0.417 e. The van der Waals surface area contributed by atoms with E-state index in [0.29, 0.717) is 70.0 Å². The molecule has 5 fully saturated rings. The molecular weight excluding hydrogens is 1330 g/mol. The first kappa shape index (κ1) is 80.5. The Bertz CT molecular complexity index is 3340. The van der Waals surface area contributed by atoms with Crippen LogP contribution in [0, 0.1) is 24.7 Å². The Balaban J connectivity index is 1.29. The minimum absolute atomic E-state index is 0.0236. The van der Waals surface area contributed by atoms with Crippen LogP contribution in [-0.4, -0.2) is 251 Å². The van der Waals surface area contributed by atoms with Gasteiger partial charge in [0.15, 0.2) is 0 Å². The molecule has 5 aliphatic rings. The van der Waals surface area contributed by atoms with E-state index in [4.69, 9.17) is 11.6 Å². The van der Waals surface area contributed by atoms with Gasteiger partial charge in [-0.05, 0) is 125 Å². The first-order valence-electron chi connectivity index (χ1n) is 35.8. The normalized spacial score (nSPS) is 25.5. The Morgan fingerprint density at radius 1 is 0.624 bits per heavy atom. The molecule has 28 heteroatoms. The van der Waals surface area contributed by atoms with Gasteiger partial charge in [-0.15, -0.1) is 0 Å². The summed E-state index contributed by atoms with van der Waals surface area (Å²) in [6, 6.07) is 1.41. The highest BCUT2D eigenvalue weighted by molar-refractivity contribution is 6.31. The number of aryl methyl sites for hydroxylation is 2. The Morgan fingerprint density at radius 2 is 1.23 bits per heavy atom. The molecule has 3 aliphatic heterocycles. The monoisotopic (exact) mass is 1430 g/mol. The van der Waals surface area contributed by atoms with Crippen molar-refractivity contribution in [3.05, 3.63) is 69.7 Å². The van der Waals surface area contributed by atoms with E-state index >= 15 is 28.8 Å². The van der Waals surface area contributed by atoms with Crippen LogP contribution in [0.2, 0.25) is 5.02 Å². The number of hydrogen-bond acceptors (Lipinski definition) is 12. The van der Waals surface area contributed by atoms with E-state index in [-0.39, 0.29) is 63.0 Å². The molecular formula is C73H106ClF3N12O12. The molecule has 2 saturated carbocycles. The van der Waals surface area contributed by atoms with Gasteiger partial charge in [-0.3, -0.25) is 57.5 Å². The van der Waals surface area contributed by atoms with Crippen LogP contribution < -0.4 is 16.0 Å². The van der Waals surface area contributed by atoms with Crippen LogP contribution in [0.15, 0.2) is 42.5 Å². The maximum absolute atomic E-state index is 15.7. The maximum atomic E-state index is 15.7. The predicted octanol–water partition coefficient (Wildman–Crippen LogP) is 5.61. The second-order valence-corrected chi connectivity index (χ2v) is 29.7. The highest BCUT2D eigenvalue weighted by Crippen LogP contribution is 2.38. The number of carbonyl (C=O) groups is 12. The lowest BCUT2D eigenvalue weighted by molar-refractivity contribution is -0.156. The van der Waals surface area contributed by atoms with Crippen LogP contribution >= 0.6 is 11.6 Å². The molecule has 2 aromatic carbocycles. The average molecular weight is 1440 g/mol. The molecule has 0 unspecified atom stereocenters. The molecule has 12 amide bonds. The quantitative estimate of drug-likeness (QED) is 0.248. The summed E-state index contributed by atoms with van der Waals surface area (Å²) in [5.74, 6) is -9.06. The molecule has 24 nitrogen and oxygen atoms in total. The number of carbonyl (C=O) groups excluding carboxylic acids is 12. The van der Waals surface area contributed by atoms with Gasteiger partial charge < -0.3 is 60.0 Å². The molecule has 101 heavy (non-hydrogen) atoms. The zero-order chi connectivity index (χ0) is 74.5. The van der Waals surface area contributed by atoms with Crippen molar-refractivity contribution in [2.24, 2.45) is 17.8 Å². The third kappa shape index (κ3) is 20.1. The zero-order valence-electron chi connectivity index (χ0n) is 60.9.